The van der Waals surface area contributed by atoms with Gasteiger partial charge in [0.25, 0.3) is 5.91 Å². The normalized spacial score (nSPS) is 14.0. The Balaban J connectivity index is 1.91. The minimum atomic E-state index is -0.0755. The quantitative estimate of drug-likeness (QED) is 0.829. The number of nitrogens with one attached hydrogen (secondary N) is 1. The number of carbonyl (C=O) groups is 2. The number of benzene rings is 1. The second-order valence-corrected chi connectivity index (χ2v) is 6.02. The maximum Gasteiger partial charge on any atom is 0.260 e. The van der Waals surface area contributed by atoms with E-state index in [0.717, 1.165) is 19.3 Å². The second kappa shape index (κ2) is 8.20. The first-order valence-electron chi connectivity index (χ1n) is 8.06. The highest BCUT2D eigenvalue weighted by atomic mass is 35.5. The average molecular weight is 339 g/mol. The van der Waals surface area contributed by atoms with E-state index in [9.17, 15) is 9.59 Å². The van der Waals surface area contributed by atoms with Gasteiger partial charge in [-0.1, -0.05) is 18.0 Å². The van der Waals surface area contributed by atoms with E-state index in [4.69, 9.17) is 16.3 Å². The van der Waals surface area contributed by atoms with Crippen molar-refractivity contribution in [3.63, 3.8) is 0 Å². The number of hydrogen-bond donors (Lipinski definition) is 1. The molecule has 2 rings (SSSR count). The Morgan fingerprint density at radius 1 is 1.30 bits per heavy atom. The fraction of sp³-hybridized carbons (Fsp3) is 0.529. The average Bonchev–Trinajstić information content (AvgIpc) is 2.45. The van der Waals surface area contributed by atoms with E-state index in [0.29, 0.717) is 29.5 Å². The van der Waals surface area contributed by atoms with Crippen molar-refractivity contribution in [1.82, 2.24) is 4.90 Å². The molecule has 0 unspecified atom stereocenters. The molecule has 126 valence electrons. The van der Waals surface area contributed by atoms with Crippen molar-refractivity contribution in [2.24, 2.45) is 5.92 Å². The minimum Gasteiger partial charge on any atom is -0.482 e. The van der Waals surface area contributed by atoms with Crippen molar-refractivity contribution in [2.75, 3.05) is 25.0 Å². The molecule has 0 aromatic heterocycles. The van der Waals surface area contributed by atoms with Crippen LogP contribution in [0.25, 0.3) is 0 Å². The van der Waals surface area contributed by atoms with Crippen LogP contribution in [0.2, 0.25) is 5.02 Å². The highest BCUT2D eigenvalue weighted by Crippen LogP contribution is 2.30. The molecule has 2 amide bonds. The molecule has 1 aromatic rings. The molecule has 0 spiro atoms. The number of halogens is 1. The molecule has 1 saturated carbocycles. The van der Waals surface area contributed by atoms with Crippen LogP contribution in [0, 0.1) is 5.92 Å². The predicted molar refractivity (Wildman–Crippen MR) is 90.8 cm³/mol. The monoisotopic (exact) mass is 338 g/mol. The number of ether oxygens (including phenoxy) is 1. The summed E-state index contributed by atoms with van der Waals surface area (Å²) in [7, 11) is 0. The molecule has 0 aliphatic heterocycles. The number of rotatable bonds is 7. The van der Waals surface area contributed by atoms with Gasteiger partial charge in [-0.25, -0.2) is 0 Å². The summed E-state index contributed by atoms with van der Waals surface area (Å²) in [5, 5.41) is 3.24. The molecule has 6 heteroatoms. The summed E-state index contributed by atoms with van der Waals surface area (Å²) in [4.78, 5) is 25.5. The molecule has 1 aromatic carbocycles. The molecule has 1 aliphatic rings. The van der Waals surface area contributed by atoms with Crippen molar-refractivity contribution in [1.29, 1.82) is 0 Å². The lowest BCUT2D eigenvalue weighted by Crippen LogP contribution is -2.34. The van der Waals surface area contributed by atoms with E-state index in [-0.39, 0.29) is 24.3 Å². The van der Waals surface area contributed by atoms with E-state index < -0.39 is 0 Å². The maximum atomic E-state index is 11.9. The Bertz CT molecular complexity index is 569. The van der Waals surface area contributed by atoms with Gasteiger partial charge in [0.15, 0.2) is 6.61 Å². The smallest absolute Gasteiger partial charge is 0.260 e. The molecule has 5 nitrogen and oxygen atoms in total. The summed E-state index contributed by atoms with van der Waals surface area (Å²) >= 11 is 6.17. The maximum absolute atomic E-state index is 11.9. The van der Waals surface area contributed by atoms with E-state index in [1.807, 2.05) is 13.8 Å². The van der Waals surface area contributed by atoms with Gasteiger partial charge in [-0.3, -0.25) is 9.59 Å². The van der Waals surface area contributed by atoms with Gasteiger partial charge in [0.2, 0.25) is 5.91 Å². The second-order valence-electron chi connectivity index (χ2n) is 5.62. The van der Waals surface area contributed by atoms with Gasteiger partial charge < -0.3 is 15.0 Å². The van der Waals surface area contributed by atoms with Crippen LogP contribution in [0.3, 0.4) is 0 Å². The first kappa shape index (κ1) is 17.6. The van der Waals surface area contributed by atoms with Crippen LogP contribution in [0.15, 0.2) is 18.2 Å². The van der Waals surface area contributed by atoms with Gasteiger partial charge >= 0.3 is 0 Å². The van der Waals surface area contributed by atoms with Gasteiger partial charge in [-0.2, -0.15) is 0 Å². The molecule has 0 atom stereocenters. The molecule has 1 aliphatic carbocycles. The van der Waals surface area contributed by atoms with Crippen LogP contribution in [0.4, 0.5) is 5.69 Å². The highest BCUT2D eigenvalue weighted by molar-refractivity contribution is 6.32. The Labute approximate surface area is 141 Å². The van der Waals surface area contributed by atoms with E-state index in [2.05, 4.69) is 5.32 Å². The molecule has 1 N–H and O–H groups in total. The number of amides is 2. The lowest BCUT2D eigenvalue weighted by molar-refractivity contribution is -0.133. The number of hydrogen-bond acceptors (Lipinski definition) is 3. The molecule has 0 radical (unpaired) electrons. The van der Waals surface area contributed by atoms with Crippen LogP contribution in [-0.4, -0.2) is 36.4 Å². The van der Waals surface area contributed by atoms with Gasteiger partial charge in [-0.05, 0) is 44.9 Å². The molecule has 23 heavy (non-hydrogen) atoms. The van der Waals surface area contributed by atoms with Crippen LogP contribution < -0.4 is 10.1 Å². The zero-order valence-corrected chi connectivity index (χ0v) is 14.4. The number of anilines is 1. The van der Waals surface area contributed by atoms with Crippen LogP contribution in [0.1, 0.15) is 33.1 Å². The van der Waals surface area contributed by atoms with E-state index in [1.165, 1.54) is 0 Å². The third-order valence-corrected chi connectivity index (χ3v) is 4.44. The molecular weight excluding hydrogens is 316 g/mol. The Morgan fingerprint density at radius 3 is 2.52 bits per heavy atom. The molecule has 0 bridgehead atoms. The standard InChI is InChI=1S/C17H23ClN2O3/c1-3-20(4-2)16(21)11-23-15-9-8-13(10-14(15)18)19-17(22)12-6-5-7-12/h8-10,12H,3-7,11H2,1-2H3,(H,19,22). The largest absolute Gasteiger partial charge is 0.482 e. The van der Waals surface area contributed by atoms with Gasteiger partial charge in [0.05, 0.1) is 5.02 Å². The molecule has 0 heterocycles. The van der Waals surface area contributed by atoms with Crippen molar-refractivity contribution < 1.29 is 14.3 Å². The number of carbonyl (C=O) groups excluding carboxylic acids is 2. The van der Waals surface area contributed by atoms with Crippen molar-refractivity contribution in [3.8, 4) is 5.75 Å². The highest BCUT2D eigenvalue weighted by Gasteiger charge is 2.25. The topological polar surface area (TPSA) is 58.6 Å². The first-order chi connectivity index (χ1) is 11.0. The van der Waals surface area contributed by atoms with Crippen molar-refractivity contribution in [2.45, 2.75) is 33.1 Å². The zero-order valence-electron chi connectivity index (χ0n) is 13.6. The summed E-state index contributed by atoms with van der Waals surface area (Å²) in [5.74, 6) is 0.524. The van der Waals surface area contributed by atoms with Crippen LogP contribution in [0.5, 0.6) is 5.75 Å². The van der Waals surface area contributed by atoms with E-state index in [1.54, 1.807) is 23.1 Å². The summed E-state index contributed by atoms with van der Waals surface area (Å²) in [6.45, 7) is 5.11. The molecular formula is C17H23ClN2O3. The molecule has 1 fully saturated rings. The summed E-state index contributed by atoms with van der Waals surface area (Å²) in [5.41, 5.74) is 0.648. The molecule has 0 saturated heterocycles. The zero-order chi connectivity index (χ0) is 16.8. The summed E-state index contributed by atoms with van der Waals surface area (Å²) in [6.07, 6.45) is 3.02. The Hall–Kier alpha value is -1.75. The van der Waals surface area contributed by atoms with Gasteiger partial charge in [0, 0.05) is 24.7 Å². The Morgan fingerprint density at radius 2 is 2.00 bits per heavy atom. The Kier molecular flexibility index (Phi) is 6.28. The van der Waals surface area contributed by atoms with Crippen molar-refractivity contribution >= 4 is 29.1 Å². The third-order valence-electron chi connectivity index (χ3n) is 4.14. The number of likely N-dealkylation sites (N-methyl/N-ethyl adjacent to an activating group) is 1. The lowest BCUT2D eigenvalue weighted by Gasteiger charge is -2.24. The van der Waals surface area contributed by atoms with Gasteiger partial charge in [-0.15, -0.1) is 0 Å². The summed E-state index contributed by atoms with van der Waals surface area (Å²) in [6, 6.07) is 5.06. The van der Waals surface area contributed by atoms with E-state index >= 15 is 0 Å². The summed E-state index contributed by atoms with van der Waals surface area (Å²) < 4.78 is 5.49. The van der Waals surface area contributed by atoms with Crippen molar-refractivity contribution in [3.05, 3.63) is 23.2 Å². The third kappa shape index (κ3) is 4.61. The SMILES string of the molecule is CCN(CC)C(=O)COc1ccc(NC(=O)C2CCC2)cc1Cl. The van der Waals surface area contributed by atoms with Crippen LogP contribution in [-0.2, 0) is 9.59 Å². The first-order valence-corrected chi connectivity index (χ1v) is 8.44. The fourth-order valence-electron chi connectivity index (χ4n) is 2.42. The predicted octanol–water partition coefficient (Wildman–Crippen LogP) is 3.33. The van der Waals surface area contributed by atoms with Crippen LogP contribution >= 0.6 is 11.6 Å². The number of nitrogens with zero attached hydrogens (tertiary/aromatic N) is 1. The van der Waals surface area contributed by atoms with Gasteiger partial charge in [0.1, 0.15) is 5.75 Å². The lowest BCUT2D eigenvalue weighted by atomic mass is 9.85. The minimum absolute atomic E-state index is 0.0395. The fourth-order valence-corrected chi connectivity index (χ4v) is 2.65.